The lowest BCUT2D eigenvalue weighted by Crippen LogP contribution is -2.40. The maximum atomic E-state index is 12.8. The molecule has 1 amide bonds. The minimum atomic E-state index is -0.173. The number of carbonyl (C=O) groups is 1. The van der Waals surface area contributed by atoms with E-state index < -0.39 is 0 Å². The van der Waals surface area contributed by atoms with E-state index in [0.717, 1.165) is 30.5 Å². The monoisotopic (exact) mass is 272 g/mol. The zero-order valence-corrected chi connectivity index (χ0v) is 12.0. The van der Waals surface area contributed by atoms with E-state index in [1.54, 1.807) is 0 Å². The Hall–Kier alpha value is -1.35. The van der Waals surface area contributed by atoms with Gasteiger partial charge in [0.15, 0.2) is 0 Å². The number of hydrogen-bond acceptors (Lipinski definition) is 2. The van der Waals surface area contributed by atoms with Crippen molar-refractivity contribution >= 4 is 5.91 Å². The number of benzene rings is 1. The molecule has 3 nitrogen and oxygen atoms in total. The molecule has 108 valence electrons. The molecule has 1 aromatic rings. The van der Waals surface area contributed by atoms with Gasteiger partial charge in [0.2, 0.25) is 5.91 Å². The van der Waals surface area contributed by atoms with Crippen LogP contribution >= 0.6 is 0 Å². The summed E-state index contributed by atoms with van der Waals surface area (Å²) in [6.07, 6.45) is 5.14. The minimum Gasteiger partial charge on any atom is -0.342 e. The molecule has 3 heteroatoms. The second-order valence-electron chi connectivity index (χ2n) is 6.33. The first-order valence-electron chi connectivity index (χ1n) is 7.81. The highest BCUT2D eigenvalue weighted by Gasteiger charge is 2.34. The first kappa shape index (κ1) is 13.6. The zero-order valence-electron chi connectivity index (χ0n) is 12.0. The van der Waals surface area contributed by atoms with Crippen molar-refractivity contribution in [1.82, 2.24) is 4.90 Å². The SMILES string of the molecule is NCC(C(=O)N(CC1CC1)CC1CC1)c1ccccc1. The van der Waals surface area contributed by atoms with Crippen LogP contribution in [0, 0.1) is 11.8 Å². The largest absolute Gasteiger partial charge is 0.342 e. The van der Waals surface area contributed by atoms with E-state index >= 15 is 0 Å². The summed E-state index contributed by atoms with van der Waals surface area (Å²) in [5, 5.41) is 0. The lowest BCUT2D eigenvalue weighted by Gasteiger charge is -2.27. The van der Waals surface area contributed by atoms with Gasteiger partial charge in [-0.2, -0.15) is 0 Å². The van der Waals surface area contributed by atoms with Crippen molar-refractivity contribution in [2.45, 2.75) is 31.6 Å². The number of amides is 1. The number of rotatable bonds is 7. The summed E-state index contributed by atoms with van der Waals surface area (Å²) in [6.45, 7) is 2.28. The Labute approximate surface area is 121 Å². The van der Waals surface area contributed by atoms with Gasteiger partial charge in [0.05, 0.1) is 5.92 Å². The molecule has 2 fully saturated rings. The van der Waals surface area contributed by atoms with Crippen LogP contribution in [0.3, 0.4) is 0 Å². The number of carbonyl (C=O) groups excluding carboxylic acids is 1. The third kappa shape index (κ3) is 3.40. The van der Waals surface area contributed by atoms with Crippen LogP contribution in [0.2, 0.25) is 0 Å². The van der Waals surface area contributed by atoms with Crippen LogP contribution in [-0.2, 0) is 4.79 Å². The van der Waals surface area contributed by atoms with Gasteiger partial charge in [0.1, 0.15) is 0 Å². The van der Waals surface area contributed by atoms with Crippen molar-refractivity contribution in [2.75, 3.05) is 19.6 Å². The average molecular weight is 272 g/mol. The average Bonchev–Trinajstić information content (AvgIpc) is 3.35. The second-order valence-corrected chi connectivity index (χ2v) is 6.33. The molecule has 3 rings (SSSR count). The zero-order chi connectivity index (χ0) is 13.9. The van der Waals surface area contributed by atoms with Crippen LogP contribution in [0.15, 0.2) is 30.3 Å². The molecule has 2 aliphatic rings. The summed E-state index contributed by atoms with van der Waals surface area (Å²) in [5.74, 6) is 1.55. The van der Waals surface area contributed by atoms with E-state index in [-0.39, 0.29) is 11.8 Å². The fourth-order valence-electron chi connectivity index (χ4n) is 2.76. The number of nitrogens with two attached hydrogens (primary N) is 1. The Balaban J connectivity index is 1.71. The highest BCUT2D eigenvalue weighted by atomic mass is 16.2. The van der Waals surface area contributed by atoms with Gasteiger partial charge in [-0.25, -0.2) is 0 Å². The van der Waals surface area contributed by atoms with Gasteiger partial charge in [0.25, 0.3) is 0 Å². The predicted octanol–water partition coefficient (Wildman–Crippen LogP) is 2.38. The van der Waals surface area contributed by atoms with E-state index in [0.29, 0.717) is 6.54 Å². The topological polar surface area (TPSA) is 46.3 Å². The van der Waals surface area contributed by atoms with Crippen LogP contribution in [0.4, 0.5) is 0 Å². The van der Waals surface area contributed by atoms with Crippen molar-refractivity contribution in [2.24, 2.45) is 17.6 Å². The lowest BCUT2D eigenvalue weighted by molar-refractivity contribution is -0.133. The van der Waals surface area contributed by atoms with E-state index in [2.05, 4.69) is 4.90 Å². The molecular weight excluding hydrogens is 248 g/mol. The molecule has 1 atom stereocenters. The fraction of sp³-hybridized carbons (Fsp3) is 0.588. The highest BCUT2D eigenvalue weighted by Crippen LogP contribution is 2.34. The van der Waals surface area contributed by atoms with Crippen LogP contribution in [0.25, 0.3) is 0 Å². The first-order chi connectivity index (χ1) is 9.78. The Morgan fingerprint density at radius 2 is 1.65 bits per heavy atom. The molecule has 2 N–H and O–H groups in total. The van der Waals surface area contributed by atoms with Gasteiger partial charge in [-0.05, 0) is 43.1 Å². The summed E-state index contributed by atoms with van der Waals surface area (Å²) >= 11 is 0. The van der Waals surface area contributed by atoms with Gasteiger partial charge in [-0.1, -0.05) is 30.3 Å². The third-order valence-corrected chi connectivity index (χ3v) is 4.40. The van der Waals surface area contributed by atoms with E-state index in [9.17, 15) is 4.79 Å². The van der Waals surface area contributed by atoms with Crippen molar-refractivity contribution in [3.8, 4) is 0 Å². The van der Waals surface area contributed by atoms with Crippen LogP contribution in [-0.4, -0.2) is 30.4 Å². The molecule has 0 saturated heterocycles. The lowest BCUT2D eigenvalue weighted by atomic mass is 9.97. The van der Waals surface area contributed by atoms with Crippen LogP contribution in [0.1, 0.15) is 37.2 Å². The maximum absolute atomic E-state index is 12.8. The smallest absolute Gasteiger partial charge is 0.231 e. The van der Waals surface area contributed by atoms with E-state index in [4.69, 9.17) is 5.73 Å². The quantitative estimate of drug-likeness (QED) is 0.828. The molecule has 0 radical (unpaired) electrons. The van der Waals surface area contributed by atoms with Crippen LogP contribution in [0.5, 0.6) is 0 Å². The third-order valence-electron chi connectivity index (χ3n) is 4.40. The Kier molecular flexibility index (Phi) is 4.06. The van der Waals surface area contributed by atoms with Crippen molar-refractivity contribution in [3.63, 3.8) is 0 Å². The number of nitrogens with zero attached hydrogens (tertiary/aromatic N) is 1. The molecular formula is C17H24N2O. The molecule has 1 aromatic carbocycles. The minimum absolute atomic E-state index is 0.173. The Morgan fingerprint density at radius 3 is 2.10 bits per heavy atom. The van der Waals surface area contributed by atoms with Crippen LogP contribution < -0.4 is 5.73 Å². The summed E-state index contributed by atoms with van der Waals surface area (Å²) in [4.78, 5) is 14.9. The van der Waals surface area contributed by atoms with E-state index in [1.807, 2.05) is 30.3 Å². The van der Waals surface area contributed by atoms with Crippen molar-refractivity contribution in [1.29, 1.82) is 0 Å². The summed E-state index contributed by atoms with van der Waals surface area (Å²) in [5.41, 5.74) is 6.94. The molecule has 0 bridgehead atoms. The van der Waals surface area contributed by atoms with Gasteiger partial charge in [-0.15, -0.1) is 0 Å². The fourth-order valence-corrected chi connectivity index (χ4v) is 2.76. The standard InChI is InChI=1S/C17H24N2O/c18-10-16(15-4-2-1-3-5-15)17(20)19(11-13-6-7-13)12-14-8-9-14/h1-5,13-14,16H,6-12,18H2. The molecule has 0 aromatic heterocycles. The first-order valence-corrected chi connectivity index (χ1v) is 7.81. The molecule has 1 unspecified atom stereocenters. The van der Waals surface area contributed by atoms with E-state index in [1.165, 1.54) is 25.7 Å². The predicted molar refractivity (Wildman–Crippen MR) is 80.3 cm³/mol. The molecule has 2 saturated carbocycles. The molecule has 0 spiro atoms. The van der Waals surface area contributed by atoms with Crippen molar-refractivity contribution in [3.05, 3.63) is 35.9 Å². The molecule has 0 heterocycles. The van der Waals surface area contributed by atoms with Gasteiger partial charge < -0.3 is 10.6 Å². The van der Waals surface area contributed by atoms with Gasteiger partial charge in [0, 0.05) is 19.6 Å². The van der Waals surface area contributed by atoms with Gasteiger partial charge >= 0.3 is 0 Å². The summed E-state index contributed by atoms with van der Waals surface area (Å²) < 4.78 is 0. The molecule has 2 aliphatic carbocycles. The molecule has 0 aliphatic heterocycles. The summed E-state index contributed by atoms with van der Waals surface area (Å²) in [7, 11) is 0. The maximum Gasteiger partial charge on any atom is 0.231 e. The summed E-state index contributed by atoms with van der Waals surface area (Å²) in [6, 6.07) is 9.98. The Bertz CT molecular complexity index is 437. The normalized spacial score (nSPS) is 19.6. The van der Waals surface area contributed by atoms with Gasteiger partial charge in [-0.3, -0.25) is 4.79 Å². The molecule has 20 heavy (non-hydrogen) atoms. The Morgan fingerprint density at radius 1 is 1.10 bits per heavy atom. The highest BCUT2D eigenvalue weighted by molar-refractivity contribution is 5.84. The number of hydrogen-bond donors (Lipinski definition) is 1. The second kappa shape index (κ2) is 5.96. The van der Waals surface area contributed by atoms with Crippen molar-refractivity contribution < 1.29 is 4.79 Å².